The molecule has 7 heteroatoms. The van der Waals surface area contributed by atoms with E-state index in [-0.39, 0.29) is 11.8 Å². The monoisotopic (exact) mass is 523 g/mol. The molecule has 5 nitrogen and oxygen atoms in total. The van der Waals surface area contributed by atoms with E-state index >= 15 is 0 Å². The molecule has 1 amide bonds. The number of anilines is 1. The largest absolute Gasteiger partial charge is 0.494 e. The molecule has 1 aliphatic rings. The second-order valence-corrected chi connectivity index (χ2v) is 9.41. The van der Waals surface area contributed by atoms with Crippen molar-refractivity contribution in [2.24, 2.45) is 0 Å². The highest BCUT2D eigenvalue weighted by Crippen LogP contribution is 2.36. The number of ether oxygens (including phenoxy) is 1. The average Bonchev–Trinajstić information content (AvgIpc) is 3.39. The highest BCUT2D eigenvalue weighted by atomic mass is 79.9. The van der Waals surface area contributed by atoms with Crippen LogP contribution >= 0.6 is 27.5 Å². The zero-order valence-electron chi connectivity index (χ0n) is 18.0. The Morgan fingerprint density at radius 1 is 1.03 bits per heavy atom. The Balaban J connectivity index is 1.35. The van der Waals surface area contributed by atoms with E-state index in [4.69, 9.17) is 21.3 Å². The molecule has 5 rings (SSSR count). The molecule has 0 spiro atoms. The average molecular weight is 525 g/mol. The first-order chi connectivity index (χ1) is 16.1. The van der Waals surface area contributed by atoms with Gasteiger partial charge in [-0.2, -0.15) is 0 Å². The Morgan fingerprint density at radius 3 is 2.61 bits per heavy atom. The molecule has 0 N–H and O–H groups in total. The number of amides is 1. The highest BCUT2D eigenvalue weighted by molar-refractivity contribution is 9.10. The molecule has 1 unspecified atom stereocenters. The SMILES string of the molecule is O=C1CC(c2nc3ccccc3n2CCCOc2ccc(Cl)cc2)CN1c1ccccc1Br. The lowest BCUT2D eigenvalue weighted by molar-refractivity contribution is -0.117. The molecule has 168 valence electrons. The lowest BCUT2D eigenvalue weighted by Crippen LogP contribution is -2.25. The minimum absolute atomic E-state index is 0.0363. The maximum absolute atomic E-state index is 12.9. The summed E-state index contributed by atoms with van der Waals surface area (Å²) < 4.78 is 9.06. The van der Waals surface area contributed by atoms with E-state index in [1.165, 1.54) is 0 Å². The Morgan fingerprint density at radius 2 is 1.79 bits per heavy atom. The summed E-state index contributed by atoms with van der Waals surface area (Å²) in [5.41, 5.74) is 2.95. The number of para-hydroxylation sites is 3. The molecule has 3 aromatic carbocycles. The van der Waals surface area contributed by atoms with Gasteiger partial charge in [0.1, 0.15) is 11.6 Å². The van der Waals surface area contributed by atoms with Gasteiger partial charge in [-0.05, 0) is 70.9 Å². The number of fused-ring (bicyclic) bond motifs is 1. The number of carbonyl (C=O) groups excluding carboxylic acids is 1. The molecule has 0 bridgehead atoms. The topological polar surface area (TPSA) is 47.4 Å². The normalized spacial score (nSPS) is 16.0. The lowest BCUT2D eigenvalue weighted by Gasteiger charge is -2.19. The molecule has 0 aliphatic carbocycles. The third-order valence-electron chi connectivity index (χ3n) is 5.93. The number of benzene rings is 3. The minimum atomic E-state index is 0.0363. The minimum Gasteiger partial charge on any atom is -0.494 e. The maximum atomic E-state index is 12.9. The van der Waals surface area contributed by atoms with Gasteiger partial charge < -0.3 is 14.2 Å². The first kappa shape index (κ1) is 22.0. The maximum Gasteiger partial charge on any atom is 0.227 e. The van der Waals surface area contributed by atoms with Crippen molar-refractivity contribution in [1.82, 2.24) is 9.55 Å². The zero-order chi connectivity index (χ0) is 22.8. The summed E-state index contributed by atoms with van der Waals surface area (Å²) in [4.78, 5) is 19.7. The molecular weight excluding hydrogens is 502 g/mol. The van der Waals surface area contributed by atoms with Crippen LogP contribution in [0.25, 0.3) is 11.0 Å². The molecule has 2 heterocycles. The molecule has 1 saturated heterocycles. The predicted molar refractivity (Wildman–Crippen MR) is 135 cm³/mol. The molecular formula is C26H23BrClN3O2. The molecule has 4 aromatic rings. The summed E-state index contributed by atoms with van der Waals surface area (Å²) in [5, 5.41) is 0.694. The van der Waals surface area contributed by atoms with Crippen LogP contribution in [0.2, 0.25) is 5.02 Å². The van der Waals surface area contributed by atoms with Gasteiger partial charge in [0.2, 0.25) is 5.91 Å². The van der Waals surface area contributed by atoms with Crippen molar-refractivity contribution in [3.63, 3.8) is 0 Å². The molecule has 0 saturated carbocycles. The molecule has 1 aliphatic heterocycles. The van der Waals surface area contributed by atoms with Crippen LogP contribution in [0, 0.1) is 0 Å². The fraction of sp³-hybridized carbons (Fsp3) is 0.231. The summed E-state index contributed by atoms with van der Waals surface area (Å²) in [7, 11) is 0. The highest BCUT2D eigenvalue weighted by Gasteiger charge is 2.35. The van der Waals surface area contributed by atoms with Crippen molar-refractivity contribution in [1.29, 1.82) is 0 Å². The van der Waals surface area contributed by atoms with Crippen LogP contribution < -0.4 is 9.64 Å². The molecule has 1 fully saturated rings. The Kier molecular flexibility index (Phi) is 6.38. The van der Waals surface area contributed by atoms with Gasteiger partial charge in [-0.25, -0.2) is 4.98 Å². The van der Waals surface area contributed by atoms with E-state index in [9.17, 15) is 4.79 Å². The number of carbonyl (C=O) groups is 1. The summed E-state index contributed by atoms with van der Waals surface area (Å²) in [5.74, 6) is 1.93. The Hall–Kier alpha value is -2.83. The van der Waals surface area contributed by atoms with Crippen LogP contribution in [0.1, 0.15) is 24.6 Å². The fourth-order valence-electron chi connectivity index (χ4n) is 4.37. The van der Waals surface area contributed by atoms with Crippen LogP contribution in [0.4, 0.5) is 5.69 Å². The number of hydrogen-bond donors (Lipinski definition) is 0. The van der Waals surface area contributed by atoms with Crippen LogP contribution in [-0.4, -0.2) is 28.6 Å². The lowest BCUT2D eigenvalue weighted by atomic mass is 10.1. The van der Waals surface area contributed by atoms with E-state index in [1.807, 2.05) is 71.6 Å². The summed E-state index contributed by atoms with van der Waals surface area (Å²) in [6.07, 6.45) is 1.27. The standard InChI is InChI=1S/C26H23BrClN3O2/c27-21-6-1-3-8-23(21)31-17-18(16-25(31)32)26-29-22-7-2-4-9-24(22)30(26)14-5-15-33-20-12-10-19(28)11-13-20/h1-4,6-13,18H,5,14-17H2. The van der Waals surface area contributed by atoms with Crippen LogP contribution in [-0.2, 0) is 11.3 Å². The number of imidazole rings is 1. The van der Waals surface area contributed by atoms with Gasteiger partial charge in [-0.15, -0.1) is 0 Å². The number of halogens is 2. The molecule has 1 aromatic heterocycles. The third-order valence-corrected chi connectivity index (χ3v) is 6.85. The number of nitrogens with zero attached hydrogens (tertiary/aromatic N) is 3. The van der Waals surface area contributed by atoms with Gasteiger partial charge in [0, 0.05) is 34.9 Å². The van der Waals surface area contributed by atoms with Crippen molar-refractivity contribution in [3.8, 4) is 5.75 Å². The van der Waals surface area contributed by atoms with Gasteiger partial charge in [-0.3, -0.25) is 4.79 Å². The first-order valence-electron chi connectivity index (χ1n) is 11.0. The molecule has 33 heavy (non-hydrogen) atoms. The van der Waals surface area contributed by atoms with Crippen molar-refractivity contribution < 1.29 is 9.53 Å². The smallest absolute Gasteiger partial charge is 0.227 e. The zero-order valence-corrected chi connectivity index (χ0v) is 20.3. The fourth-order valence-corrected chi connectivity index (χ4v) is 4.99. The summed E-state index contributed by atoms with van der Waals surface area (Å²) >= 11 is 9.53. The van der Waals surface area contributed by atoms with Crippen LogP contribution in [0.15, 0.2) is 77.3 Å². The molecule has 0 radical (unpaired) electrons. The van der Waals surface area contributed by atoms with Crippen LogP contribution in [0.5, 0.6) is 5.75 Å². The Labute approximate surface area is 206 Å². The van der Waals surface area contributed by atoms with Crippen molar-refractivity contribution in [3.05, 3.63) is 88.1 Å². The van der Waals surface area contributed by atoms with E-state index < -0.39 is 0 Å². The molecule has 1 atom stereocenters. The van der Waals surface area contributed by atoms with Gasteiger partial charge in [-0.1, -0.05) is 35.9 Å². The number of hydrogen-bond acceptors (Lipinski definition) is 3. The Bertz CT molecular complexity index is 1290. The number of aryl methyl sites for hydroxylation is 1. The van der Waals surface area contributed by atoms with Gasteiger partial charge in [0.05, 0.1) is 23.3 Å². The third kappa shape index (κ3) is 4.63. The van der Waals surface area contributed by atoms with Crippen molar-refractivity contribution >= 4 is 50.2 Å². The van der Waals surface area contributed by atoms with Crippen molar-refractivity contribution in [2.45, 2.75) is 25.3 Å². The second kappa shape index (κ2) is 9.57. The van der Waals surface area contributed by atoms with E-state index in [1.54, 1.807) is 0 Å². The van der Waals surface area contributed by atoms with Crippen molar-refractivity contribution in [2.75, 3.05) is 18.1 Å². The predicted octanol–water partition coefficient (Wildman–Crippen LogP) is 6.44. The van der Waals surface area contributed by atoms with Gasteiger partial charge in [0.15, 0.2) is 0 Å². The second-order valence-electron chi connectivity index (χ2n) is 8.12. The van der Waals surface area contributed by atoms with Gasteiger partial charge >= 0.3 is 0 Å². The quantitative estimate of drug-likeness (QED) is 0.261. The number of aromatic nitrogens is 2. The number of rotatable bonds is 7. The van der Waals surface area contributed by atoms with Gasteiger partial charge in [0.25, 0.3) is 0 Å². The first-order valence-corrected chi connectivity index (χ1v) is 12.2. The van der Waals surface area contributed by atoms with E-state index in [2.05, 4.69) is 26.6 Å². The van der Waals surface area contributed by atoms with E-state index in [0.29, 0.717) is 24.6 Å². The summed E-state index contributed by atoms with van der Waals surface area (Å²) in [6, 6.07) is 23.4. The van der Waals surface area contributed by atoms with E-state index in [0.717, 1.165) is 45.7 Å². The van der Waals surface area contributed by atoms with Crippen LogP contribution in [0.3, 0.4) is 0 Å². The summed E-state index contributed by atoms with van der Waals surface area (Å²) in [6.45, 7) is 1.97.